The van der Waals surface area contributed by atoms with Gasteiger partial charge in [-0.3, -0.25) is 4.99 Å². The van der Waals surface area contributed by atoms with Crippen molar-refractivity contribution >= 4 is 40.7 Å². The Labute approximate surface area is 160 Å². The Morgan fingerprint density at radius 3 is 2.50 bits per heavy atom. The van der Waals surface area contributed by atoms with Gasteiger partial charge in [-0.15, -0.1) is 24.0 Å². The Morgan fingerprint density at radius 2 is 1.75 bits per heavy atom. The summed E-state index contributed by atoms with van der Waals surface area (Å²) in [6.07, 6.45) is 4.15. The van der Waals surface area contributed by atoms with Gasteiger partial charge in [-0.1, -0.05) is 42.5 Å². The number of nitrogens with one attached hydrogen (secondary N) is 2. The van der Waals surface area contributed by atoms with Crippen LogP contribution < -0.4 is 10.6 Å². The molecular formula is C19H23IN4. The first-order chi connectivity index (χ1) is 11.3. The average Bonchev–Trinajstić information content (AvgIpc) is 3.00. The van der Waals surface area contributed by atoms with E-state index in [4.69, 9.17) is 0 Å². The summed E-state index contributed by atoms with van der Waals surface area (Å²) in [5.41, 5.74) is 2.51. The second kappa shape index (κ2) is 8.73. The molecule has 0 aliphatic rings. The minimum absolute atomic E-state index is 0. The van der Waals surface area contributed by atoms with Crippen LogP contribution in [0.3, 0.4) is 0 Å². The lowest BCUT2D eigenvalue weighted by Gasteiger charge is -2.13. The zero-order valence-electron chi connectivity index (χ0n) is 14.0. The standard InChI is InChI=1S/C19H22N4.HI/c1-20-19(21-12-15-10-11-23(2)14-15)22-13-17-8-5-7-16-6-3-4-9-18(16)17;/h3-11,14H,12-13H2,1-2H3,(H2,20,21,22);1H. The highest BCUT2D eigenvalue weighted by Crippen LogP contribution is 2.18. The predicted octanol–water partition coefficient (Wildman–Crippen LogP) is 3.66. The Balaban J connectivity index is 0.00000208. The topological polar surface area (TPSA) is 41.4 Å². The third-order valence-electron chi connectivity index (χ3n) is 3.90. The summed E-state index contributed by atoms with van der Waals surface area (Å²) < 4.78 is 2.04. The maximum Gasteiger partial charge on any atom is 0.191 e. The van der Waals surface area contributed by atoms with E-state index in [1.807, 2.05) is 17.8 Å². The van der Waals surface area contributed by atoms with E-state index >= 15 is 0 Å². The van der Waals surface area contributed by atoms with Gasteiger partial charge in [0.05, 0.1) is 0 Å². The van der Waals surface area contributed by atoms with Gasteiger partial charge in [-0.05, 0) is 28.0 Å². The summed E-state index contributed by atoms with van der Waals surface area (Å²) in [4.78, 5) is 4.29. The molecule has 0 aliphatic carbocycles. The number of aromatic nitrogens is 1. The Kier molecular flexibility index (Phi) is 6.66. The first-order valence-corrected chi connectivity index (χ1v) is 7.78. The molecule has 0 atom stereocenters. The van der Waals surface area contributed by atoms with E-state index in [1.54, 1.807) is 7.05 Å². The van der Waals surface area contributed by atoms with Gasteiger partial charge in [0, 0.05) is 39.6 Å². The van der Waals surface area contributed by atoms with Crippen molar-refractivity contribution in [1.29, 1.82) is 0 Å². The van der Waals surface area contributed by atoms with Gasteiger partial charge in [0.1, 0.15) is 0 Å². The van der Waals surface area contributed by atoms with Gasteiger partial charge in [0.2, 0.25) is 0 Å². The van der Waals surface area contributed by atoms with E-state index < -0.39 is 0 Å². The number of halogens is 1. The van der Waals surface area contributed by atoms with Crippen LogP contribution in [-0.4, -0.2) is 17.6 Å². The molecule has 1 heterocycles. The summed E-state index contributed by atoms with van der Waals surface area (Å²) in [6, 6.07) is 16.9. The molecule has 0 saturated heterocycles. The van der Waals surface area contributed by atoms with Crippen LogP contribution in [0, 0.1) is 0 Å². The molecule has 2 N–H and O–H groups in total. The maximum absolute atomic E-state index is 4.29. The highest BCUT2D eigenvalue weighted by Gasteiger charge is 2.03. The van der Waals surface area contributed by atoms with Crippen molar-refractivity contribution in [3.05, 3.63) is 72.1 Å². The molecule has 0 aliphatic heterocycles. The number of hydrogen-bond donors (Lipinski definition) is 2. The van der Waals surface area contributed by atoms with Gasteiger partial charge >= 0.3 is 0 Å². The number of aliphatic imine (C=N–C) groups is 1. The zero-order chi connectivity index (χ0) is 16.1. The van der Waals surface area contributed by atoms with Crippen LogP contribution in [0.2, 0.25) is 0 Å². The lowest BCUT2D eigenvalue weighted by atomic mass is 10.0. The average molecular weight is 434 g/mol. The largest absolute Gasteiger partial charge is 0.357 e. The van der Waals surface area contributed by atoms with Crippen molar-refractivity contribution in [2.75, 3.05) is 7.05 Å². The van der Waals surface area contributed by atoms with Crippen LogP contribution in [-0.2, 0) is 20.1 Å². The number of hydrogen-bond acceptors (Lipinski definition) is 1. The van der Waals surface area contributed by atoms with Gasteiger partial charge in [-0.2, -0.15) is 0 Å². The molecule has 1 aromatic heterocycles. The fourth-order valence-corrected chi connectivity index (χ4v) is 2.70. The lowest BCUT2D eigenvalue weighted by Crippen LogP contribution is -2.36. The van der Waals surface area contributed by atoms with Crippen molar-refractivity contribution in [1.82, 2.24) is 15.2 Å². The Hall–Kier alpha value is -2.02. The van der Waals surface area contributed by atoms with Crippen molar-refractivity contribution in [2.24, 2.45) is 12.0 Å². The number of nitrogens with zero attached hydrogens (tertiary/aromatic N) is 2. The molecule has 0 fully saturated rings. The van der Waals surface area contributed by atoms with E-state index in [9.17, 15) is 0 Å². The molecule has 5 heteroatoms. The monoisotopic (exact) mass is 434 g/mol. The van der Waals surface area contributed by atoms with Gasteiger partial charge < -0.3 is 15.2 Å². The Bertz CT molecular complexity index is 818. The van der Waals surface area contributed by atoms with Crippen LogP contribution >= 0.6 is 24.0 Å². The molecule has 0 radical (unpaired) electrons. The summed E-state index contributed by atoms with van der Waals surface area (Å²) in [5.74, 6) is 0.807. The smallest absolute Gasteiger partial charge is 0.191 e. The minimum atomic E-state index is 0. The second-order valence-corrected chi connectivity index (χ2v) is 5.60. The number of benzene rings is 2. The molecule has 126 valence electrons. The van der Waals surface area contributed by atoms with Crippen LogP contribution in [0.15, 0.2) is 65.9 Å². The third kappa shape index (κ3) is 4.50. The summed E-state index contributed by atoms with van der Waals surface area (Å²) in [6.45, 7) is 1.51. The quantitative estimate of drug-likeness (QED) is 0.374. The summed E-state index contributed by atoms with van der Waals surface area (Å²) in [7, 11) is 3.82. The van der Waals surface area contributed by atoms with Crippen molar-refractivity contribution < 1.29 is 0 Å². The minimum Gasteiger partial charge on any atom is -0.357 e. The number of aryl methyl sites for hydroxylation is 1. The van der Waals surface area contributed by atoms with Crippen LogP contribution in [0.4, 0.5) is 0 Å². The van der Waals surface area contributed by atoms with Gasteiger partial charge in [0.25, 0.3) is 0 Å². The summed E-state index contributed by atoms with van der Waals surface area (Å²) >= 11 is 0. The maximum atomic E-state index is 4.29. The van der Waals surface area contributed by atoms with Gasteiger partial charge in [-0.25, -0.2) is 0 Å². The zero-order valence-corrected chi connectivity index (χ0v) is 16.3. The fraction of sp³-hybridized carbons (Fsp3) is 0.211. The molecule has 2 aromatic carbocycles. The number of guanidine groups is 1. The van der Waals surface area contributed by atoms with E-state index in [2.05, 4.69) is 70.4 Å². The van der Waals surface area contributed by atoms with Crippen LogP contribution in [0.5, 0.6) is 0 Å². The van der Waals surface area contributed by atoms with Crippen LogP contribution in [0.1, 0.15) is 11.1 Å². The molecule has 3 rings (SSSR count). The normalized spacial score (nSPS) is 11.2. The van der Waals surface area contributed by atoms with E-state index in [-0.39, 0.29) is 24.0 Å². The molecule has 4 nitrogen and oxygen atoms in total. The SMILES string of the molecule is CN=C(NCc1ccn(C)c1)NCc1cccc2ccccc12.I. The fourth-order valence-electron chi connectivity index (χ4n) is 2.70. The van der Waals surface area contributed by atoms with E-state index in [1.165, 1.54) is 21.9 Å². The number of rotatable bonds is 4. The molecule has 24 heavy (non-hydrogen) atoms. The number of fused-ring (bicyclic) bond motifs is 1. The summed E-state index contributed by atoms with van der Waals surface area (Å²) in [5, 5.41) is 9.27. The molecule has 0 saturated carbocycles. The van der Waals surface area contributed by atoms with E-state index in [0.717, 1.165) is 19.0 Å². The lowest BCUT2D eigenvalue weighted by molar-refractivity contribution is 0.808. The molecule has 0 bridgehead atoms. The van der Waals surface area contributed by atoms with Crippen molar-refractivity contribution in [3.63, 3.8) is 0 Å². The van der Waals surface area contributed by atoms with E-state index in [0.29, 0.717) is 0 Å². The van der Waals surface area contributed by atoms with Crippen molar-refractivity contribution in [2.45, 2.75) is 13.1 Å². The molecule has 0 spiro atoms. The Morgan fingerprint density at radius 1 is 1.00 bits per heavy atom. The first kappa shape index (κ1) is 18.3. The molecular weight excluding hydrogens is 411 g/mol. The highest BCUT2D eigenvalue weighted by molar-refractivity contribution is 14.0. The highest BCUT2D eigenvalue weighted by atomic mass is 127. The molecule has 0 amide bonds. The molecule has 0 unspecified atom stereocenters. The second-order valence-electron chi connectivity index (χ2n) is 5.60. The third-order valence-corrected chi connectivity index (χ3v) is 3.90. The van der Waals surface area contributed by atoms with Crippen molar-refractivity contribution in [3.8, 4) is 0 Å². The van der Waals surface area contributed by atoms with Gasteiger partial charge in [0.15, 0.2) is 5.96 Å². The van der Waals surface area contributed by atoms with Crippen LogP contribution in [0.25, 0.3) is 10.8 Å². The first-order valence-electron chi connectivity index (χ1n) is 7.78. The predicted molar refractivity (Wildman–Crippen MR) is 112 cm³/mol. The molecule has 3 aromatic rings.